The maximum atomic E-state index is 13.7. The monoisotopic (exact) mass is 347 g/mol. The highest BCUT2D eigenvalue weighted by molar-refractivity contribution is 7.92. The predicted molar refractivity (Wildman–Crippen MR) is 78.1 cm³/mol. The van der Waals surface area contributed by atoms with Crippen molar-refractivity contribution < 1.29 is 26.0 Å². The molecule has 0 spiro atoms. The van der Waals surface area contributed by atoms with E-state index >= 15 is 0 Å². The van der Waals surface area contributed by atoms with E-state index < -0.39 is 33.3 Å². The Balaban J connectivity index is 2.42. The van der Waals surface area contributed by atoms with Gasteiger partial charge in [-0.05, 0) is 55.3 Å². The Morgan fingerprint density at radius 3 is 2.17 bits per heavy atom. The number of rotatable bonds is 3. The summed E-state index contributed by atoms with van der Waals surface area (Å²) in [4.78, 5) is -0.155. The van der Waals surface area contributed by atoms with Crippen LogP contribution in [0.3, 0.4) is 0 Å². The van der Waals surface area contributed by atoms with Crippen molar-refractivity contribution >= 4 is 15.7 Å². The van der Waals surface area contributed by atoms with Gasteiger partial charge in [0.25, 0.3) is 10.0 Å². The molecule has 0 radical (unpaired) electrons. The van der Waals surface area contributed by atoms with Crippen molar-refractivity contribution in [1.29, 1.82) is 0 Å². The Kier molecular flexibility index (Phi) is 4.39. The van der Waals surface area contributed by atoms with Gasteiger partial charge in [-0.15, -0.1) is 0 Å². The number of hydrogen-bond acceptors (Lipinski definition) is 2. The minimum Gasteiger partial charge on any atom is -0.277 e. The van der Waals surface area contributed by atoms with E-state index in [0.29, 0.717) is 23.8 Å². The summed E-state index contributed by atoms with van der Waals surface area (Å²) in [5.74, 6) is -1.09. The molecule has 0 aliphatic heterocycles. The van der Waals surface area contributed by atoms with Crippen molar-refractivity contribution in [3.05, 3.63) is 58.9 Å². The van der Waals surface area contributed by atoms with E-state index in [1.165, 1.54) is 12.1 Å². The summed E-state index contributed by atoms with van der Waals surface area (Å²) < 4.78 is 77.9. The molecule has 0 aliphatic carbocycles. The van der Waals surface area contributed by atoms with Crippen LogP contribution in [0.2, 0.25) is 0 Å². The summed E-state index contributed by atoms with van der Waals surface area (Å²) in [5.41, 5.74) is -0.346. The van der Waals surface area contributed by atoms with E-state index in [1.807, 2.05) is 4.72 Å². The van der Waals surface area contributed by atoms with Gasteiger partial charge in [-0.2, -0.15) is 13.2 Å². The van der Waals surface area contributed by atoms with Gasteiger partial charge < -0.3 is 0 Å². The molecule has 2 aromatic carbocycles. The third kappa shape index (κ3) is 3.82. The molecular formula is C15H13F4NO2S. The van der Waals surface area contributed by atoms with Gasteiger partial charge in [0, 0.05) is 0 Å². The van der Waals surface area contributed by atoms with Crippen LogP contribution in [0.4, 0.5) is 23.2 Å². The lowest BCUT2D eigenvalue weighted by Gasteiger charge is -2.13. The lowest BCUT2D eigenvalue weighted by atomic mass is 10.1. The fourth-order valence-electron chi connectivity index (χ4n) is 1.86. The predicted octanol–water partition coefficient (Wildman–Crippen LogP) is 4.26. The van der Waals surface area contributed by atoms with Crippen molar-refractivity contribution in [1.82, 2.24) is 0 Å². The zero-order valence-corrected chi connectivity index (χ0v) is 13.0. The molecule has 0 aliphatic rings. The van der Waals surface area contributed by atoms with Gasteiger partial charge in [0.1, 0.15) is 5.82 Å². The van der Waals surface area contributed by atoms with Crippen molar-refractivity contribution in [3.63, 3.8) is 0 Å². The van der Waals surface area contributed by atoms with Crippen LogP contribution in [0.15, 0.2) is 41.3 Å². The SMILES string of the molecule is Cc1ccc(S(=O)(=O)Nc2cc(C(F)(F)F)ccc2F)cc1C. The first-order valence-electron chi connectivity index (χ1n) is 6.47. The Hall–Kier alpha value is -2.09. The van der Waals surface area contributed by atoms with Crippen LogP contribution in [-0.4, -0.2) is 8.42 Å². The van der Waals surface area contributed by atoms with Crippen LogP contribution in [0, 0.1) is 19.7 Å². The first-order valence-corrected chi connectivity index (χ1v) is 7.96. The molecule has 2 rings (SSSR count). The molecule has 0 fully saturated rings. The van der Waals surface area contributed by atoms with Crippen LogP contribution >= 0.6 is 0 Å². The number of sulfonamides is 1. The summed E-state index contributed by atoms with van der Waals surface area (Å²) in [5, 5.41) is 0. The standard InChI is InChI=1S/C15H13F4NO2S/c1-9-3-5-12(7-10(9)2)23(21,22)20-14-8-11(15(17,18)19)4-6-13(14)16/h3-8,20H,1-2H3. The van der Waals surface area contributed by atoms with Crippen LogP contribution in [0.25, 0.3) is 0 Å². The zero-order valence-electron chi connectivity index (χ0n) is 12.2. The highest BCUT2D eigenvalue weighted by atomic mass is 32.2. The second-order valence-corrected chi connectivity index (χ2v) is 6.73. The minimum atomic E-state index is -4.70. The molecule has 0 aromatic heterocycles. The van der Waals surface area contributed by atoms with Crippen molar-refractivity contribution in [2.45, 2.75) is 24.9 Å². The third-order valence-corrected chi connectivity index (χ3v) is 4.69. The van der Waals surface area contributed by atoms with Crippen molar-refractivity contribution in [3.8, 4) is 0 Å². The smallest absolute Gasteiger partial charge is 0.277 e. The maximum Gasteiger partial charge on any atom is 0.416 e. The molecule has 0 heterocycles. The Morgan fingerprint density at radius 1 is 0.957 bits per heavy atom. The number of benzene rings is 2. The number of alkyl halides is 3. The quantitative estimate of drug-likeness (QED) is 0.843. The van der Waals surface area contributed by atoms with E-state index in [9.17, 15) is 26.0 Å². The molecule has 23 heavy (non-hydrogen) atoms. The number of hydrogen-bond donors (Lipinski definition) is 1. The first kappa shape index (κ1) is 17.3. The first-order chi connectivity index (χ1) is 10.5. The summed E-state index contributed by atoms with van der Waals surface area (Å²) in [6.07, 6.45) is -4.70. The summed E-state index contributed by atoms with van der Waals surface area (Å²) in [6.45, 7) is 3.48. The average molecular weight is 347 g/mol. The molecule has 0 unspecified atom stereocenters. The largest absolute Gasteiger partial charge is 0.416 e. The lowest BCUT2D eigenvalue weighted by molar-refractivity contribution is -0.137. The van der Waals surface area contributed by atoms with Gasteiger partial charge in [0.05, 0.1) is 16.1 Å². The molecule has 0 atom stereocenters. The van der Waals surface area contributed by atoms with E-state index in [-0.39, 0.29) is 4.90 Å². The van der Waals surface area contributed by atoms with Crippen LogP contribution in [0.5, 0.6) is 0 Å². The molecule has 0 bridgehead atoms. The molecule has 0 amide bonds. The minimum absolute atomic E-state index is 0.155. The molecule has 3 nitrogen and oxygen atoms in total. The Morgan fingerprint density at radius 2 is 1.61 bits per heavy atom. The van der Waals surface area contributed by atoms with Crippen LogP contribution in [-0.2, 0) is 16.2 Å². The second kappa shape index (κ2) is 5.84. The van der Waals surface area contributed by atoms with Gasteiger partial charge in [-0.25, -0.2) is 12.8 Å². The van der Waals surface area contributed by atoms with E-state index in [4.69, 9.17) is 0 Å². The lowest BCUT2D eigenvalue weighted by Crippen LogP contribution is -2.15. The molecule has 0 saturated carbocycles. The molecular weight excluding hydrogens is 334 g/mol. The molecule has 8 heteroatoms. The third-order valence-electron chi connectivity index (χ3n) is 3.33. The highest BCUT2D eigenvalue weighted by Gasteiger charge is 2.31. The summed E-state index contributed by atoms with van der Waals surface area (Å²) in [6, 6.07) is 5.77. The van der Waals surface area contributed by atoms with Gasteiger partial charge in [0.2, 0.25) is 0 Å². The second-order valence-electron chi connectivity index (χ2n) is 5.04. The number of nitrogens with one attached hydrogen (secondary N) is 1. The molecule has 0 saturated heterocycles. The van der Waals surface area contributed by atoms with E-state index in [1.54, 1.807) is 19.9 Å². The normalized spacial score (nSPS) is 12.3. The van der Waals surface area contributed by atoms with E-state index in [2.05, 4.69) is 0 Å². The van der Waals surface area contributed by atoms with Crippen LogP contribution in [0.1, 0.15) is 16.7 Å². The van der Waals surface area contributed by atoms with Crippen LogP contribution < -0.4 is 4.72 Å². The fourth-order valence-corrected chi connectivity index (χ4v) is 3.01. The highest BCUT2D eigenvalue weighted by Crippen LogP contribution is 2.32. The Bertz CT molecular complexity index is 845. The molecule has 2 aromatic rings. The summed E-state index contributed by atoms with van der Waals surface area (Å²) in [7, 11) is -4.19. The van der Waals surface area contributed by atoms with Gasteiger partial charge in [-0.3, -0.25) is 4.72 Å². The maximum absolute atomic E-state index is 13.7. The number of anilines is 1. The summed E-state index contributed by atoms with van der Waals surface area (Å²) >= 11 is 0. The van der Waals surface area contributed by atoms with Gasteiger partial charge >= 0.3 is 6.18 Å². The van der Waals surface area contributed by atoms with E-state index in [0.717, 1.165) is 5.56 Å². The average Bonchev–Trinajstić information content (AvgIpc) is 2.42. The Labute approximate surface area is 131 Å². The molecule has 1 N–H and O–H groups in total. The van der Waals surface area contributed by atoms with Gasteiger partial charge in [0.15, 0.2) is 0 Å². The number of halogens is 4. The molecule has 124 valence electrons. The van der Waals surface area contributed by atoms with Gasteiger partial charge in [-0.1, -0.05) is 6.07 Å². The zero-order chi connectivity index (χ0) is 17.4. The van der Waals surface area contributed by atoms with Crippen molar-refractivity contribution in [2.24, 2.45) is 0 Å². The number of aryl methyl sites for hydroxylation is 2. The fraction of sp³-hybridized carbons (Fsp3) is 0.200. The topological polar surface area (TPSA) is 46.2 Å². The van der Waals surface area contributed by atoms with Crippen molar-refractivity contribution in [2.75, 3.05) is 4.72 Å².